The quantitative estimate of drug-likeness (QED) is 0.0848. The fourth-order valence-electron chi connectivity index (χ4n) is 4.11. The molecule has 0 atom stereocenters. The van der Waals surface area contributed by atoms with E-state index in [0.717, 1.165) is 58.4 Å². The Kier molecular flexibility index (Phi) is 48.4. The predicted octanol–water partition coefficient (Wildman–Crippen LogP) is -6.70. The van der Waals surface area contributed by atoms with E-state index in [-0.39, 0.29) is 45.1 Å². The van der Waals surface area contributed by atoms with Crippen molar-refractivity contribution >= 4 is 24.8 Å². The van der Waals surface area contributed by atoms with Crippen molar-refractivity contribution in [1.29, 1.82) is 0 Å². The summed E-state index contributed by atoms with van der Waals surface area (Å²) in [5.74, 6) is -4.37. The first-order valence-electron chi connectivity index (χ1n) is 20.2. The maximum absolute atomic E-state index is 9.43. The summed E-state index contributed by atoms with van der Waals surface area (Å²) < 4.78 is 67.9. The van der Waals surface area contributed by atoms with Gasteiger partial charge in [-0.05, 0) is 97.1 Å². The van der Waals surface area contributed by atoms with Gasteiger partial charge < -0.3 is 40.6 Å². The Balaban J connectivity index is -0.000000262. The molecule has 0 unspecified atom stereocenters. The zero-order chi connectivity index (χ0) is 55.6. The van der Waals surface area contributed by atoms with Crippen molar-refractivity contribution in [3.05, 3.63) is 195 Å². The van der Waals surface area contributed by atoms with E-state index in [2.05, 4.69) is 39.9 Å². The molecule has 0 bridgehead atoms. The molecule has 424 valence electrons. The van der Waals surface area contributed by atoms with Gasteiger partial charge in [0.2, 0.25) is 12.8 Å². The fourth-order valence-corrected chi connectivity index (χ4v) is 4.11. The largest absolute Gasteiger partial charge is 2.00 e. The summed E-state index contributed by atoms with van der Waals surface area (Å²) >= 11 is 0. The van der Waals surface area contributed by atoms with Crippen LogP contribution in [0.4, 0.5) is 0 Å². The number of aliphatic carboxylic acids is 2. The molecular weight excluding hydrogens is 1170 g/mol. The molecule has 0 saturated carbocycles. The summed E-state index contributed by atoms with van der Waals surface area (Å²) in [5, 5.41) is 17.9. The third kappa shape index (κ3) is 48.0. The molecule has 8 rings (SSSR count). The van der Waals surface area contributed by atoms with E-state index in [0.29, 0.717) is 0 Å². The Morgan fingerprint density at radius 1 is 0.333 bits per heavy atom. The average Bonchev–Trinajstić information content (AvgIpc) is 3.41. The third-order valence-corrected chi connectivity index (χ3v) is 6.96. The van der Waals surface area contributed by atoms with Crippen molar-refractivity contribution in [2.45, 2.75) is 0 Å². The molecule has 0 spiro atoms. The van der Waals surface area contributed by atoms with Crippen LogP contribution in [0.3, 0.4) is 0 Å². The number of pyridine rings is 8. The van der Waals surface area contributed by atoms with Crippen LogP contribution in [-0.2, 0) is 53.3 Å². The molecule has 2 radical (unpaired) electrons. The fraction of sp³-hybridized carbons (Fsp3) is 0.0833. The second kappa shape index (κ2) is 47.7. The number of nitrogens with zero attached hydrogens (tertiary/aromatic N) is 10. The number of carboxylic acid groups (broad SMARTS) is 2. The van der Waals surface area contributed by atoms with Gasteiger partial charge in [0.15, 0.2) is 0 Å². The van der Waals surface area contributed by atoms with Gasteiger partial charge in [-0.2, -0.15) is 0 Å². The summed E-state index contributed by atoms with van der Waals surface area (Å²) in [6.07, 6.45) is 15.6. The smallest absolute Gasteiger partial charge is 0.543 e. The van der Waals surface area contributed by atoms with E-state index in [4.69, 9.17) is 57.1 Å². The summed E-state index contributed by atoms with van der Waals surface area (Å²) in [6, 6.07) is 46.4. The summed E-state index contributed by atoms with van der Waals surface area (Å²) in [7, 11) is -3.14. The zero-order valence-corrected chi connectivity index (χ0v) is 44.6. The van der Waals surface area contributed by atoms with E-state index in [1.165, 1.54) is 9.80 Å². The minimum absolute atomic E-state index is 0. The van der Waals surface area contributed by atoms with Crippen molar-refractivity contribution in [1.82, 2.24) is 49.7 Å². The maximum Gasteiger partial charge on any atom is 2.00 e. The van der Waals surface area contributed by atoms with Crippen LogP contribution in [0.25, 0.3) is 45.6 Å². The Labute approximate surface area is 473 Å². The SMILES string of the molecule is CN(C)C=O.CN(C)C=O.O.O.O=C([O-])C(=O)[O-].[Cu+2].[Cu+2].[O-][Cl+3]([O-])([O-])[O-].[O-][Cl+3]([O-])([O-])[O-].c1ccc(-c2ccccn2)nc1.c1ccc(-c2ccccn2)nc1.c1ccc(-c2ccccn2)nc1.c1ccc(-c2ccccn2)nc1. The van der Waals surface area contributed by atoms with Gasteiger partial charge in [-0.25, -0.2) is 37.3 Å². The van der Waals surface area contributed by atoms with Crippen molar-refractivity contribution in [3.63, 3.8) is 0 Å². The number of hydrogen-bond donors (Lipinski definition) is 0. The molecule has 2 amide bonds. The van der Waals surface area contributed by atoms with E-state index >= 15 is 0 Å². The first-order valence-corrected chi connectivity index (χ1v) is 22.7. The van der Waals surface area contributed by atoms with E-state index in [1.54, 1.807) is 77.8 Å². The number of carboxylic acids is 2. The van der Waals surface area contributed by atoms with Crippen LogP contribution in [0.2, 0.25) is 0 Å². The molecule has 30 heteroatoms. The van der Waals surface area contributed by atoms with Gasteiger partial charge >= 0.3 is 34.1 Å². The third-order valence-electron chi connectivity index (χ3n) is 6.96. The van der Waals surface area contributed by atoms with Crippen molar-refractivity contribution in [3.8, 4) is 45.6 Å². The van der Waals surface area contributed by atoms with Crippen molar-refractivity contribution in [2.24, 2.45) is 0 Å². The van der Waals surface area contributed by atoms with Crippen molar-refractivity contribution in [2.75, 3.05) is 28.2 Å². The predicted molar refractivity (Wildman–Crippen MR) is 247 cm³/mol. The van der Waals surface area contributed by atoms with Crippen LogP contribution >= 0.6 is 0 Å². The number of rotatable bonds is 6. The Morgan fingerprint density at radius 2 is 0.436 bits per heavy atom. The minimum atomic E-state index is -4.94. The number of carbonyl (C=O) groups excluding carboxylic acids is 4. The molecule has 0 aliphatic rings. The van der Waals surface area contributed by atoms with Gasteiger partial charge in [0.05, 0.1) is 57.5 Å². The van der Waals surface area contributed by atoms with Gasteiger partial charge in [-0.1, -0.05) is 48.5 Å². The van der Waals surface area contributed by atoms with Crippen LogP contribution in [0.15, 0.2) is 195 Å². The van der Waals surface area contributed by atoms with Crippen LogP contribution in [-0.4, -0.2) is 114 Å². The van der Waals surface area contributed by atoms with Gasteiger partial charge in [0.25, 0.3) is 0 Å². The van der Waals surface area contributed by atoms with Crippen LogP contribution in [0, 0.1) is 20.5 Å². The molecule has 8 heterocycles. The summed E-state index contributed by atoms with van der Waals surface area (Å²) in [6.45, 7) is 0. The molecule has 4 N–H and O–H groups in total. The molecule has 0 aliphatic heterocycles. The van der Waals surface area contributed by atoms with Crippen molar-refractivity contribution < 1.29 is 132 Å². The van der Waals surface area contributed by atoms with Gasteiger partial charge in [-0.15, -0.1) is 20.5 Å². The van der Waals surface area contributed by atoms with E-state index in [1.807, 2.05) is 146 Å². The molecule has 0 fully saturated rings. The van der Waals surface area contributed by atoms with Crippen LogP contribution in [0.1, 0.15) is 0 Å². The number of hydrogen-bond acceptors (Lipinski definition) is 22. The average molecular weight is 1220 g/mol. The topological polar surface area (TPSA) is 471 Å². The molecule has 78 heavy (non-hydrogen) atoms. The Morgan fingerprint density at radius 3 is 0.487 bits per heavy atom. The second-order valence-electron chi connectivity index (χ2n) is 13.2. The Hall–Kier alpha value is -7.70. The number of carbonyl (C=O) groups is 4. The first-order chi connectivity index (χ1) is 35.0. The molecule has 8 aromatic heterocycles. The minimum Gasteiger partial charge on any atom is -0.543 e. The molecular formula is C48H50Cl2Cu2N10O16. The first kappa shape index (κ1) is 79.2. The summed E-state index contributed by atoms with van der Waals surface area (Å²) in [4.78, 5) is 73.1. The monoisotopic (exact) mass is 1220 g/mol. The van der Waals surface area contributed by atoms with Crippen LogP contribution < -0.4 is 47.5 Å². The summed E-state index contributed by atoms with van der Waals surface area (Å²) in [5.41, 5.74) is 7.32. The maximum atomic E-state index is 9.43. The van der Waals surface area contributed by atoms with Gasteiger partial charge in [0, 0.05) is 77.8 Å². The molecule has 0 saturated heterocycles. The Bertz CT molecular complexity index is 2160. The number of halogens is 2. The molecule has 0 aliphatic carbocycles. The molecule has 0 aromatic carbocycles. The van der Waals surface area contributed by atoms with Gasteiger partial charge in [-0.3, -0.25) is 49.5 Å². The normalized spacial score (nSPS) is 8.92. The van der Waals surface area contributed by atoms with E-state index in [9.17, 15) is 9.59 Å². The molecule has 8 aromatic rings. The zero-order valence-electron chi connectivity index (χ0n) is 41.2. The standard InChI is InChI=1S/4C10H8N2.2C3H7NO.C2H2O4.2ClHO4.2Cu.2H2O/c4*1-3-7-11-9(5-1)10-6-2-4-8-12-10;2*1-4(2)3-5;3-1(4)2(5)6;2*2-1(3,4)5;;;;/h4*1-8H;2*3H,1-2H3;(H,3,4)(H,5,6);2*(H,2,3,4,5);;;2*1H2/q;;;;;;;;;2*+2;;/p-4. The van der Waals surface area contributed by atoms with Crippen LogP contribution in [0.5, 0.6) is 0 Å². The van der Waals surface area contributed by atoms with Gasteiger partial charge in [0.1, 0.15) is 0 Å². The second-order valence-corrected chi connectivity index (χ2v) is 14.7. The number of amides is 2. The molecule has 26 nitrogen and oxygen atoms in total. The van der Waals surface area contributed by atoms with E-state index < -0.39 is 32.4 Å². The number of aromatic nitrogens is 8.